The molecule has 5 nitrogen and oxygen atoms in total. The van der Waals surface area contributed by atoms with Crippen LogP contribution in [0.2, 0.25) is 0 Å². The van der Waals surface area contributed by atoms with E-state index in [1.54, 1.807) is 22.4 Å². The number of nitrogens with zero attached hydrogens (tertiary/aromatic N) is 1. The summed E-state index contributed by atoms with van der Waals surface area (Å²) in [6.45, 7) is 4.37. The van der Waals surface area contributed by atoms with Crippen LogP contribution in [0.4, 0.5) is 5.69 Å². The van der Waals surface area contributed by atoms with Gasteiger partial charge in [0.05, 0.1) is 0 Å². The van der Waals surface area contributed by atoms with E-state index in [0.717, 1.165) is 16.8 Å². The summed E-state index contributed by atoms with van der Waals surface area (Å²) >= 11 is 1.17. The summed E-state index contributed by atoms with van der Waals surface area (Å²) < 4.78 is 27.4. The van der Waals surface area contributed by atoms with E-state index in [1.165, 1.54) is 11.3 Å². The van der Waals surface area contributed by atoms with Crippen LogP contribution in [0, 0.1) is 13.8 Å². The SMILES string of the molecule is Cc1ccc(N2C[C@H](NS(=O)(=O)c3cccs3)CC2=O)cc1C. The lowest BCUT2D eigenvalue weighted by Crippen LogP contribution is -2.36. The van der Waals surface area contributed by atoms with Crippen molar-refractivity contribution in [1.29, 1.82) is 0 Å². The summed E-state index contributed by atoms with van der Waals surface area (Å²) in [4.78, 5) is 13.9. The van der Waals surface area contributed by atoms with E-state index < -0.39 is 16.1 Å². The number of anilines is 1. The van der Waals surface area contributed by atoms with Crippen LogP contribution in [-0.4, -0.2) is 26.9 Å². The molecular weight excluding hydrogens is 332 g/mol. The lowest BCUT2D eigenvalue weighted by Gasteiger charge is -2.18. The van der Waals surface area contributed by atoms with Crippen molar-refractivity contribution in [1.82, 2.24) is 4.72 Å². The van der Waals surface area contributed by atoms with Crippen molar-refractivity contribution in [2.45, 2.75) is 30.5 Å². The smallest absolute Gasteiger partial charge is 0.250 e. The van der Waals surface area contributed by atoms with E-state index >= 15 is 0 Å². The lowest BCUT2D eigenvalue weighted by atomic mass is 10.1. The highest BCUT2D eigenvalue weighted by molar-refractivity contribution is 7.91. The van der Waals surface area contributed by atoms with Crippen LogP contribution in [0.25, 0.3) is 0 Å². The Morgan fingerprint density at radius 1 is 1.22 bits per heavy atom. The van der Waals surface area contributed by atoms with Crippen LogP contribution in [0.15, 0.2) is 39.9 Å². The molecule has 1 aromatic heterocycles. The van der Waals surface area contributed by atoms with Crippen molar-refractivity contribution in [2.75, 3.05) is 11.4 Å². The van der Waals surface area contributed by atoms with Crippen LogP contribution in [0.3, 0.4) is 0 Å². The number of amides is 1. The lowest BCUT2D eigenvalue weighted by molar-refractivity contribution is -0.117. The quantitative estimate of drug-likeness (QED) is 0.921. The third-order valence-corrected chi connectivity index (χ3v) is 6.93. The summed E-state index contributed by atoms with van der Waals surface area (Å²) in [7, 11) is -3.55. The first-order chi connectivity index (χ1) is 10.9. The number of benzene rings is 1. The molecule has 122 valence electrons. The maximum absolute atomic E-state index is 12.3. The Kier molecular flexibility index (Phi) is 4.27. The molecule has 0 saturated carbocycles. The zero-order chi connectivity index (χ0) is 16.6. The van der Waals surface area contributed by atoms with Gasteiger partial charge in [0.15, 0.2) is 0 Å². The van der Waals surface area contributed by atoms with E-state index in [9.17, 15) is 13.2 Å². The molecule has 23 heavy (non-hydrogen) atoms. The van der Waals surface area contributed by atoms with Gasteiger partial charge in [-0.2, -0.15) is 0 Å². The van der Waals surface area contributed by atoms with Crippen LogP contribution in [0.5, 0.6) is 0 Å². The van der Waals surface area contributed by atoms with Gasteiger partial charge in [-0.1, -0.05) is 12.1 Å². The van der Waals surface area contributed by atoms with Crippen LogP contribution < -0.4 is 9.62 Å². The molecule has 0 bridgehead atoms. The first-order valence-corrected chi connectivity index (χ1v) is 9.66. The molecule has 0 unspecified atom stereocenters. The zero-order valence-corrected chi connectivity index (χ0v) is 14.6. The fourth-order valence-electron chi connectivity index (χ4n) is 2.62. The standard InChI is InChI=1S/C16H18N2O3S2/c1-11-5-6-14(8-12(11)2)18-10-13(9-15(18)19)17-23(20,21)16-4-3-7-22-16/h3-8,13,17H,9-10H2,1-2H3/t13-/m1/s1. The van der Waals surface area contributed by atoms with E-state index in [2.05, 4.69) is 4.72 Å². The predicted octanol–water partition coefficient (Wildman–Crippen LogP) is 2.45. The second kappa shape index (κ2) is 6.07. The molecule has 1 aliphatic rings. The first kappa shape index (κ1) is 16.2. The van der Waals surface area contributed by atoms with E-state index in [-0.39, 0.29) is 16.5 Å². The van der Waals surface area contributed by atoms with Gasteiger partial charge >= 0.3 is 0 Å². The van der Waals surface area contributed by atoms with Crippen molar-refractivity contribution in [3.63, 3.8) is 0 Å². The molecular formula is C16H18N2O3S2. The molecule has 1 fully saturated rings. The molecule has 1 atom stereocenters. The van der Waals surface area contributed by atoms with Crippen LogP contribution in [-0.2, 0) is 14.8 Å². The third-order valence-electron chi connectivity index (χ3n) is 4.01. The summed E-state index contributed by atoms with van der Waals surface area (Å²) in [5, 5.41) is 1.72. The van der Waals surface area contributed by atoms with Gasteiger partial charge in [-0.05, 0) is 48.6 Å². The maximum Gasteiger partial charge on any atom is 0.250 e. The Morgan fingerprint density at radius 3 is 2.65 bits per heavy atom. The monoisotopic (exact) mass is 350 g/mol. The molecule has 1 saturated heterocycles. The van der Waals surface area contributed by atoms with Crippen molar-refractivity contribution in [3.8, 4) is 0 Å². The summed E-state index contributed by atoms with van der Waals surface area (Å²) in [5.41, 5.74) is 3.09. The van der Waals surface area contributed by atoms with Gasteiger partial charge in [0, 0.05) is 24.7 Å². The highest BCUT2D eigenvalue weighted by atomic mass is 32.2. The normalized spacial score (nSPS) is 18.6. The Hall–Kier alpha value is -1.70. The molecule has 2 heterocycles. The molecule has 1 aliphatic heterocycles. The van der Waals surface area contributed by atoms with Gasteiger partial charge in [0.25, 0.3) is 0 Å². The average molecular weight is 350 g/mol. The number of thiophene rings is 1. The maximum atomic E-state index is 12.3. The number of aryl methyl sites for hydroxylation is 2. The second-order valence-electron chi connectivity index (χ2n) is 5.73. The highest BCUT2D eigenvalue weighted by Gasteiger charge is 2.33. The number of hydrogen-bond acceptors (Lipinski definition) is 4. The molecule has 7 heteroatoms. The molecule has 1 amide bonds. The number of hydrogen-bond donors (Lipinski definition) is 1. The Morgan fingerprint density at radius 2 is 2.00 bits per heavy atom. The van der Waals surface area contributed by atoms with Crippen molar-refractivity contribution < 1.29 is 13.2 Å². The van der Waals surface area contributed by atoms with Gasteiger partial charge < -0.3 is 4.90 Å². The van der Waals surface area contributed by atoms with Crippen molar-refractivity contribution in [2.24, 2.45) is 0 Å². The largest absolute Gasteiger partial charge is 0.311 e. The number of nitrogens with one attached hydrogen (secondary N) is 1. The Bertz CT molecular complexity index is 829. The van der Waals surface area contributed by atoms with Gasteiger partial charge in [-0.3, -0.25) is 4.79 Å². The predicted molar refractivity (Wildman–Crippen MR) is 91.3 cm³/mol. The van der Waals surface area contributed by atoms with Crippen LogP contribution >= 0.6 is 11.3 Å². The Labute approximate surface area is 140 Å². The molecule has 1 aromatic carbocycles. The van der Waals surface area contributed by atoms with E-state index in [0.29, 0.717) is 6.54 Å². The van der Waals surface area contributed by atoms with Crippen LogP contribution in [0.1, 0.15) is 17.5 Å². The van der Waals surface area contributed by atoms with Gasteiger partial charge in [0.2, 0.25) is 15.9 Å². The number of rotatable bonds is 4. The van der Waals surface area contributed by atoms with Crippen molar-refractivity contribution in [3.05, 3.63) is 46.8 Å². The summed E-state index contributed by atoms with van der Waals surface area (Å²) in [5.74, 6) is -0.0628. The minimum absolute atomic E-state index is 0.0628. The third kappa shape index (κ3) is 3.31. The molecule has 1 N–H and O–H groups in total. The molecule has 0 spiro atoms. The summed E-state index contributed by atoms with van der Waals surface area (Å²) in [6, 6.07) is 8.68. The van der Waals surface area contributed by atoms with E-state index in [1.807, 2.05) is 32.0 Å². The summed E-state index contributed by atoms with van der Waals surface area (Å²) in [6.07, 6.45) is 0.178. The van der Waals surface area contributed by atoms with Gasteiger partial charge in [-0.25, -0.2) is 13.1 Å². The number of carbonyl (C=O) groups excluding carboxylic acids is 1. The number of sulfonamides is 1. The van der Waals surface area contributed by atoms with Crippen molar-refractivity contribution >= 4 is 33.0 Å². The molecule has 2 aromatic rings. The molecule has 0 aliphatic carbocycles. The van der Waals surface area contributed by atoms with Gasteiger partial charge in [-0.15, -0.1) is 11.3 Å². The first-order valence-electron chi connectivity index (χ1n) is 7.30. The van der Waals surface area contributed by atoms with Gasteiger partial charge in [0.1, 0.15) is 4.21 Å². The molecule has 3 rings (SSSR count). The minimum Gasteiger partial charge on any atom is -0.311 e. The highest BCUT2D eigenvalue weighted by Crippen LogP contribution is 2.25. The topological polar surface area (TPSA) is 66.5 Å². The average Bonchev–Trinajstić information content (AvgIpc) is 3.12. The fourth-order valence-corrected chi connectivity index (χ4v) is 4.86. The minimum atomic E-state index is -3.55. The second-order valence-corrected chi connectivity index (χ2v) is 8.62. The Balaban J connectivity index is 1.76. The number of carbonyl (C=O) groups is 1. The fraction of sp³-hybridized carbons (Fsp3) is 0.312. The zero-order valence-electron chi connectivity index (χ0n) is 12.9. The van der Waals surface area contributed by atoms with E-state index in [4.69, 9.17) is 0 Å². The molecule has 0 radical (unpaired) electrons.